The van der Waals surface area contributed by atoms with Crippen molar-refractivity contribution in [1.82, 2.24) is 5.32 Å². The predicted molar refractivity (Wildman–Crippen MR) is 137 cm³/mol. The summed E-state index contributed by atoms with van der Waals surface area (Å²) in [6, 6.07) is 18.3. The number of carbonyl (C=O) groups is 3. The number of carbonyl (C=O) groups excluding carboxylic acids is 3. The summed E-state index contributed by atoms with van der Waals surface area (Å²) in [5.74, 6) is -0.0883. The maximum atomic E-state index is 13.3. The largest absolute Gasteiger partial charge is 0.489 e. The van der Waals surface area contributed by atoms with Crippen molar-refractivity contribution >= 4 is 29.6 Å². The first-order valence-electron chi connectivity index (χ1n) is 11.6. The summed E-state index contributed by atoms with van der Waals surface area (Å²) in [4.78, 5) is 39.3. The molecule has 3 aromatic carbocycles. The Morgan fingerprint density at radius 3 is 2.66 bits per heavy atom. The van der Waals surface area contributed by atoms with Crippen LogP contribution in [0.5, 0.6) is 17.2 Å². The number of anilines is 1. The van der Waals surface area contributed by atoms with E-state index in [1.807, 2.05) is 12.1 Å². The van der Waals surface area contributed by atoms with Crippen LogP contribution in [0, 0.1) is 11.3 Å². The number of barbiturate groups is 1. The molecule has 2 heterocycles. The molecular formula is C29H21N3O6. The van der Waals surface area contributed by atoms with Gasteiger partial charge in [-0.15, -0.1) is 6.58 Å². The highest BCUT2D eigenvalue weighted by Crippen LogP contribution is 2.36. The lowest BCUT2D eigenvalue weighted by molar-refractivity contribution is -0.122. The molecule has 0 atom stereocenters. The van der Waals surface area contributed by atoms with E-state index in [0.717, 1.165) is 16.0 Å². The van der Waals surface area contributed by atoms with Crippen LogP contribution in [0.15, 0.2) is 78.9 Å². The van der Waals surface area contributed by atoms with E-state index < -0.39 is 17.8 Å². The zero-order valence-electron chi connectivity index (χ0n) is 20.1. The summed E-state index contributed by atoms with van der Waals surface area (Å²) >= 11 is 0. The van der Waals surface area contributed by atoms with Crippen molar-refractivity contribution < 1.29 is 28.6 Å². The molecule has 0 saturated carbocycles. The smallest absolute Gasteiger partial charge is 0.335 e. The molecule has 0 bridgehead atoms. The third-order valence-electron chi connectivity index (χ3n) is 6.00. The van der Waals surface area contributed by atoms with Crippen LogP contribution >= 0.6 is 0 Å². The standard InChI is InChI=1S/C29H21N3O6/c1-2-5-19-12-18(8-10-24(19)36-16-21-7-4-3-6-20(21)15-30)13-23-27(33)31-29(35)32(28(23)34)22-9-11-25-26(14-22)38-17-37-25/h2-4,6-14H,1,5,16-17H2,(H,31,33,35)/b23-13+. The van der Waals surface area contributed by atoms with Gasteiger partial charge < -0.3 is 14.2 Å². The van der Waals surface area contributed by atoms with Crippen molar-refractivity contribution in [2.75, 3.05) is 11.7 Å². The quantitative estimate of drug-likeness (QED) is 0.288. The summed E-state index contributed by atoms with van der Waals surface area (Å²) < 4.78 is 16.6. The molecule has 0 aromatic heterocycles. The van der Waals surface area contributed by atoms with E-state index in [4.69, 9.17) is 14.2 Å². The van der Waals surface area contributed by atoms with Crippen molar-refractivity contribution in [2.24, 2.45) is 0 Å². The molecule has 1 N–H and O–H groups in total. The van der Waals surface area contributed by atoms with Crippen molar-refractivity contribution in [3.05, 3.63) is 101 Å². The monoisotopic (exact) mass is 507 g/mol. The van der Waals surface area contributed by atoms with Crippen LogP contribution < -0.4 is 24.4 Å². The summed E-state index contributed by atoms with van der Waals surface area (Å²) in [6.07, 6.45) is 3.60. The second-order valence-electron chi connectivity index (χ2n) is 8.41. The van der Waals surface area contributed by atoms with Gasteiger partial charge in [-0.1, -0.05) is 30.3 Å². The summed E-state index contributed by atoms with van der Waals surface area (Å²) in [5.41, 5.74) is 2.65. The summed E-state index contributed by atoms with van der Waals surface area (Å²) in [6.45, 7) is 4.03. The van der Waals surface area contributed by atoms with Gasteiger partial charge >= 0.3 is 6.03 Å². The highest BCUT2D eigenvalue weighted by Gasteiger charge is 2.37. The maximum Gasteiger partial charge on any atom is 0.335 e. The third kappa shape index (κ3) is 4.70. The van der Waals surface area contributed by atoms with Gasteiger partial charge in [0.15, 0.2) is 11.5 Å². The molecule has 188 valence electrons. The van der Waals surface area contributed by atoms with Crippen LogP contribution in [-0.4, -0.2) is 24.6 Å². The molecule has 9 nitrogen and oxygen atoms in total. The molecule has 2 aliphatic rings. The lowest BCUT2D eigenvalue weighted by Crippen LogP contribution is -2.54. The molecule has 5 rings (SSSR count). The van der Waals surface area contributed by atoms with Gasteiger partial charge in [-0.05, 0) is 54.0 Å². The summed E-state index contributed by atoms with van der Waals surface area (Å²) in [7, 11) is 0. The topological polar surface area (TPSA) is 118 Å². The molecule has 0 unspecified atom stereocenters. The summed E-state index contributed by atoms with van der Waals surface area (Å²) in [5, 5.41) is 11.5. The fourth-order valence-electron chi connectivity index (χ4n) is 4.14. The molecule has 1 saturated heterocycles. The van der Waals surface area contributed by atoms with E-state index in [2.05, 4.69) is 18.0 Å². The zero-order chi connectivity index (χ0) is 26.6. The number of hydrogen-bond acceptors (Lipinski definition) is 7. The SMILES string of the molecule is C=CCc1cc(/C=C2\C(=O)NC(=O)N(c3ccc4c(c3)OCO4)C2=O)ccc1OCc1ccccc1C#N. The average Bonchev–Trinajstić information content (AvgIpc) is 3.39. The normalized spacial score (nSPS) is 15.3. The number of nitriles is 1. The molecule has 38 heavy (non-hydrogen) atoms. The first-order chi connectivity index (χ1) is 18.5. The van der Waals surface area contributed by atoms with Gasteiger partial charge in [0.2, 0.25) is 6.79 Å². The van der Waals surface area contributed by atoms with Crippen LogP contribution in [0.4, 0.5) is 10.5 Å². The Hall–Kier alpha value is -5.36. The van der Waals surface area contributed by atoms with Gasteiger partial charge in [0.1, 0.15) is 17.9 Å². The Morgan fingerprint density at radius 2 is 1.84 bits per heavy atom. The van der Waals surface area contributed by atoms with E-state index in [0.29, 0.717) is 34.8 Å². The van der Waals surface area contributed by atoms with E-state index in [1.54, 1.807) is 42.5 Å². The van der Waals surface area contributed by atoms with Crippen LogP contribution in [0.25, 0.3) is 6.08 Å². The Bertz CT molecular complexity index is 1550. The number of amides is 4. The van der Waals surface area contributed by atoms with Crippen LogP contribution in [-0.2, 0) is 22.6 Å². The minimum atomic E-state index is -0.857. The fraction of sp³-hybridized carbons (Fsp3) is 0.103. The second-order valence-corrected chi connectivity index (χ2v) is 8.41. The Morgan fingerprint density at radius 1 is 1.03 bits per heavy atom. The lowest BCUT2D eigenvalue weighted by Gasteiger charge is -2.26. The molecule has 2 aliphatic heterocycles. The number of nitrogens with one attached hydrogen (secondary N) is 1. The average molecular weight is 508 g/mol. The number of nitrogens with zero attached hydrogens (tertiary/aromatic N) is 2. The highest BCUT2D eigenvalue weighted by molar-refractivity contribution is 6.39. The Labute approximate surface area is 218 Å². The van der Waals surface area contributed by atoms with Gasteiger partial charge in [0, 0.05) is 11.6 Å². The number of allylic oxidation sites excluding steroid dienone is 1. The van der Waals surface area contributed by atoms with Gasteiger partial charge in [-0.2, -0.15) is 5.26 Å². The number of hydrogen-bond donors (Lipinski definition) is 1. The number of benzene rings is 3. The van der Waals surface area contributed by atoms with Crippen molar-refractivity contribution in [3.63, 3.8) is 0 Å². The first kappa shape index (κ1) is 24.3. The molecule has 0 radical (unpaired) electrons. The predicted octanol–water partition coefficient (Wildman–Crippen LogP) is 4.26. The van der Waals surface area contributed by atoms with Crippen molar-refractivity contribution in [2.45, 2.75) is 13.0 Å². The van der Waals surface area contributed by atoms with E-state index in [9.17, 15) is 19.6 Å². The van der Waals surface area contributed by atoms with E-state index in [1.165, 1.54) is 18.2 Å². The zero-order valence-corrected chi connectivity index (χ0v) is 20.1. The number of rotatable bonds is 7. The van der Waals surface area contributed by atoms with E-state index in [-0.39, 0.29) is 24.7 Å². The minimum absolute atomic E-state index is 0.0418. The molecule has 1 fully saturated rings. The highest BCUT2D eigenvalue weighted by atomic mass is 16.7. The van der Waals surface area contributed by atoms with Crippen molar-refractivity contribution in [3.8, 4) is 23.3 Å². The number of urea groups is 1. The number of ether oxygens (including phenoxy) is 3. The molecular weight excluding hydrogens is 486 g/mol. The molecule has 0 spiro atoms. The first-order valence-corrected chi connectivity index (χ1v) is 11.6. The second kappa shape index (κ2) is 10.3. The molecule has 4 amide bonds. The van der Waals surface area contributed by atoms with E-state index >= 15 is 0 Å². The van der Waals surface area contributed by atoms with Gasteiger partial charge in [-0.25, -0.2) is 9.69 Å². The van der Waals surface area contributed by atoms with Gasteiger partial charge in [0.25, 0.3) is 11.8 Å². The Balaban J connectivity index is 1.42. The number of imide groups is 2. The van der Waals surface area contributed by atoms with Crippen LogP contribution in [0.3, 0.4) is 0 Å². The van der Waals surface area contributed by atoms with Gasteiger partial charge in [0.05, 0.1) is 17.3 Å². The fourth-order valence-corrected chi connectivity index (χ4v) is 4.14. The van der Waals surface area contributed by atoms with Gasteiger partial charge in [-0.3, -0.25) is 14.9 Å². The Kier molecular flexibility index (Phi) is 6.61. The third-order valence-corrected chi connectivity index (χ3v) is 6.00. The maximum absolute atomic E-state index is 13.3. The molecule has 0 aliphatic carbocycles. The van der Waals surface area contributed by atoms with Crippen LogP contribution in [0.2, 0.25) is 0 Å². The molecule has 9 heteroatoms. The lowest BCUT2D eigenvalue weighted by atomic mass is 10.0. The van der Waals surface area contributed by atoms with Crippen molar-refractivity contribution in [1.29, 1.82) is 5.26 Å². The number of fused-ring (bicyclic) bond motifs is 1. The molecule has 3 aromatic rings. The van der Waals surface area contributed by atoms with Crippen LogP contribution in [0.1, 0.15) is 22.3 Å². The minimum Gasteiger partial charge on any atom is -0.489 e.